The Balaban J connectivity index is 1.94. The van der Waals surface area contributed by atoms with E-state index in [-0.39, 0.29) is 23.9 Å². The third-order valence-electron chi connectivity index (χ3n) is 4.22. The lowest BCUT2D eigenvalue weighted by Gasteiger charge is -2.44. The summed E-state index contributed by atoms with van der Waals surface area (Å²) in [6.07, 6.45) is -0.419. The molecule has 24 heavy (non-hydrogen) atoms. The normalized spacial score (nSPS) is 21.5. The average Bonchev–Trinajstić information content (AvgIpc) is 2.56. The highest BCUT2D eigenvalue weighted by Crippen LogP contribution is 2.34. The Labute approximate surface area is 141 Å². The molecule has 1 fully saturated rings. The summed E-state index contributed by atoms with van der Waals surface area (Å²) in [5.41, 5.74) is 0.103. The van der Waals surface area contributed by atoms with Crippen LogP contribution in [-0.4, -0.2) is 31.4 Å². The molecule has 0 spiro atoms. The molecule has 0 amide bonds. The van der Waals surface area contributed by atoms with Gasteiger partial charge in [0.2, 0.25) is 10.0 Å². The van der Waals surface area contributed by atoms with E-state index >= 15 is 0 Å². The highest BCUT2D eigenvalue weighted by Gasteiger charge is 2.43. The summed E-state index contributed by atoms with van der Waals surface area (Å²) in [6.45, 7) is 4.14. The summed E-state index contributed by atoms with van der Waals surface area (Å²) in [7, 11) is -3.64. The molecule has 3 rings (SSSR count). The molecule has 2 aromatic rings. The molecule has 1 heterocycles. The molecule has 2 aromatic carbocycles. The van der Waals surface area contributed by atoms with Crippen LogP contribution in [0.3, 0.4) is 0 Å². The minimum atomic E-state index is -3.64. The fraction of sp³-hybridized carbons (Fsp3) is 0.333. The zero-order valence-corrected chi connectivity index (χ0v) is 14.5. The molecule has 1 atom stereocenters. The molecule has 4 nitrogen and oxygen atoms in total. The van der Waals surface area contributed by atoms with Crippen LogP contribution in [0.4, 0.5) is 4.39 Å². The molecule has 0 saturated carbocycles. The van der Waals surface area contributed by atoms with Gasteiger partial charge in [0, 0.05) is 6.54 Å². The molecule has 6 heteroatoms. The zero-order valence-electron chi connectivity index (χ0n) is 13.6. The smallest absolute Gasteiger partial charge is 0.243 e. The van der Waals surface area contributed by atoms with Crippen molar-refractivity contribution in [1.29, 1.82) is 0 Å². The molecule has 0 radical (unpaired) electrons. The quantitative estimate of drug-likeness (QED) is 0.854. The number of halogens is 1. The maximum Gasteiger partial charge on any atom is 0.243 e. The van der Waals surface area contributed by atoms with Crippen LogP contribution >= 0.6 is 0 Å². The van der Waals surface area contributed by atoms with Crippen LogP contribution in [-0.2, 0) is 14.8 Å². The van der Waals surface area contributed by atoms with Gasteiger partial charge in [0.05, 0.1) is 23.1 Å². The Hall–Kier alpha value is -1.76. The molecule has 1 aliphatic heterocycles. The molecule has 128 valence electrons. The van der Waals surface area contributed by atoms with Gasteiger partial charge in [-0.2, -0.15) is 4.31 Å². The van der Waals surface area contributed by atoms with Crippen LogP contribution in [0.15, 0.2) is 59.5 Å². The van der Waals surface area contributed by atoms with Crippen molar-refractivity contribution in [2.75, 3.05) is 13.2 Å². The van der Waals surface area contributed by atoms with Crippen molar-refractivity contribution in [2.45, 2.75) is 30.4 Å². The van der Waals surface area contributed by atoms with Crippen molar-refractivity contribution < 1.29 is 17.5 Å². The SMILES string of the molecule is CC1(C)COC(c2ccc(F)cc2)CN1S(=O)(=O)c1ccccc1. The van der Waals surface area contributed by atoms with E-state index in [1.54, 1.807) is 42.5 Å². The predicted molar refractivity (Wildman–Crippen MR) is 89.5 cm³/mol. The first kappa shape index (κ1) is 17.1. The number of hydrogen-bond acceptors (Lipinski definition) is 3. The third-order valence-corrected chi connectivity index (χ3v) is 6.31. The first-order chi connectivity index (χ1) is 11.3. The summed E-state index contributed by atoms with van der Waals surface area (Å²) in [4.78, 5) is 0.262. The van der Waals surface area contributed by atoms with E-state index in [9.17, 15) is 12.8 Å². The summed E-state index contributed by atoms with van der Waals surface area (Å²) in [5.74, 6) is -0.330. The number of ether oxygens (including phenoxy) is 1. The second-order valence-corrected chi connectivity index (χ2v) is 8.38. The van der Waals surface area contributed by atoms with Crippen molar-refractivity contribution in [2.24, 2.45) is 0 Å². The Morgan fingerprint density at radius 1 is 1.08 bits per heavy atom. The van der Waals surface area contributed by atoms with E-state index < -0.39 is 21.7 Å². The molecule has 1 aliphatic rings. The van der Waals surface area contributed by atoms with Gasteiger partial charge in [-0.05, 0) is 43.7 Å². The number of rotatable bonds is 3. The van der Waals surface area contributed by atoms with Crippen molar-refractivity contribution >= 4 is 10.0 Å². The van der Waals surface area contributed by atoms with E-state index in [1.165, 1.54) is 16.4 Å². The summed E-state index contributed by atoms with van der Waals surface area (Å²) < 4.78 is 46.5. The number of benzene rings is 2. The first-order valence-electron chi connectivity index (χ1n) is 7.76. The Morgan fingerprint density at radius 3 is 2.33 bits per heavy atom. The summed E-state index contributed by atoms with van der Waals surface area (Å²) in [6, 6.07) is 14.3. The van der Waals surface area contributed by atoms with E-state index in [4.69, 9.17) is 4.74 Å². The molecule has 0 N–H and O–H groups in total. The average molecular weight is 349 g/mol. The lowest BCUT2D eigenvalue weighted by atomic mass is 10.0. The lowest BCUT2D eigenvalue weighted by Crippen LogP contribution is -2.56. The van der Waals surface area contributed by atoms with Crippen LogP contribution in [0.1, 0.15) is 25.5 Å². The number of morpholine rings is 1. The molecule has 0 aliphatic carbocycles. The van der Waals surface area contributed by atoms with Gasteiger partial charge in [0.15, 0.2) is 0 Å². The summed E-state index contributed by atoms with van der Waals surface area (Å²) in [5, 5.41) is 0. The maximum absolute atomic E-state index is 13.1. The van der Waals surface area contributed by atoms with Gasteiger partial charge in [-0.25, -0.2) is 12.8 Å². The lowest BCUT2D eigenvalue weighted by molar-refractivity contribution is -0.0655. The van der Waals surface area contributed by atoms with Gasteiger partial charge in [-0.3, -0.25) is 0 Å². The summed E-state index contributed by atoms with van der Waals surface area (Å²) >= 11 is 0. The third kappa shape index (κ3) is 3.22. The van der Waals surface area contributed by atoms with Crippen LogP contribution in [0, 0.1) is 5.82 Å². The van der Waals surface area contributed by atoms with Crippen molar-refractivity contribution in [1.82, 2.24) is 4.31 Å². The van der Waals surface area contributed by atoms with Gasteiger partial charge in [-0.1, -0.05) is 30.3 Å². The molecule has 1 unspecified atom stereocenters. The highest BCUT2D eigenvalue weighted by molar-refractivity contribution is 7.89. The van der Waals surface area contributed by atoms with Crippen molar-refractivity contribution in [3.05, 3.63) is 66.0 Å². The van der Waals surface area contributed by atoms with Crippen LogP contribution in [0.25, 0.3) is 0 Å². The molecule has 0 bridgehead atoms. The topological polar surface area (TPSA) is 46.6 Å². The van der Waals surface area contributed by atoms with E-state index in [0.717, 1.165) is 5.56 Å². The monoisotopic (exact) mass is 349 g/mol. The van der Waals surface area contributed by atoms with E-state index in [1.807, 2.05) is 13.8 Å². The molecule has 0 aromatic heterocycles. The Bertz CT molecular complexity index is 804. The Kier molecular flexibility index (Phi) is 4.46. The number of sulfonamides is 1. The van der Waals surface area contributed by atoms with Gasteiger partial charge >= 0.3 is 0 Å². The van der Waals surface area contributed by atoms with Gasteiger partial charge in [-0.15, -0.1) is 0 Å². The van der Waals surface area contributed by atoms with Gasteiger partial charge in [0.1, 0.15) is 5.82 Å². The molecular weight excluding hydrogens is 329 g/mol. The van der Waals surface area contributed by atoms with E-state index in [2.05, 4.69) is 0 Å². The van der Waals surface area contributed by atoms with Crippen molar-refractivity contribution in [3.63, 3.8) is 0 Å². The minimum Gasteiger partial charge on any atom is -0.370 e. The Morgan fingerprint density at radius 2 is 1.71 bits per heavy atom. The van der Waals surface area contributed by atoms with Crippen LogP contribution in [0.5, 0.6) is 0 Å². The van der Waals surface area contributed by atoms with Crippen LogP contribution < -0.4 is 0 Å². The fourth-order valence-corrected chi connectivity index (χ4v) is 4.64. The number of nitrogens with zero attached hydrogens (tertiary/aromatic N) is 1. The highest BCUT2D eigenvalue weighted by atomic mass is 32.2. The maximum atomic E-state index is 13.1. The standard InChI is InChI=1S/C18H20FNO3S/c1-18(2)13-23-17(14-8-10-15(19)11-9-14)12-20(18)24(21,22)16-6-4-3-5-7-16/h3-11,17H,12-13H2,1-2H3. The first-order valence-corrected chi connectivity index (χ1v) is 9.20. The van der Waals surface area contributed by atoms with Crippen molar-refractivity contribution in [3.8, 4) is 0 Å². The number of hydrogen-bond donors (Lipinski definition) is 0. The molecular formula is C18H20FNO3S. The second-order valence-electron chi connectivity index (χ2n) is 6.51. The fourth-order valence-electron chi connectivity index (χ4n) is 2.85. The largest absolute Gasteiger partial charge is 0.370 e. The van der Waals surface area contributed by atoms with Crippen LogP contribution in [0.2, 0.25) is 0 Å². The van der Waals surface area contributed by atoms with E-state index in [0.29, 0.717) is 0 Å². The zero-order chi connectivity index (χ0) is 17.4. The van der Waals surface area contributed by atoms with Gasteiger partial charge in [0.25, 0.3) is 0 Å². The molecule has 1 saturated heterocycles. The minimum absolute atomic E-state index is 0.190. The van der Waals surface area contributed by atoms with Gasteiger partial charge < -0.3 is 4.74 Å². The second kappa shape index (κ2) is 6.27. The predicted octanol–water partition coefficient (Wildman–Crippen LogP) is 3.37.